The monoisotopic (exact) mass is 392 g/mol. The van der Waals surface area contributed by atoms with Crippen molar-refractivity contribution < 1.29 is 27.8 Å². The average Bonchev–Trinajstić information content (AvgIpc) is 2.65. The molecule has 0 fully saturated rings. The highest BCUT2D eigenvalue weighted by Crippen LogP contribution is 2.31. The molecule has 0 amide bonds. The van der Waals surface area contributed by atoms with Gasteiger partial charge in [0.05, 0.1) is 7.11 Å². The molecule has 2 aromatic carbocycles. The van der Waals surface area contributed by atoms with Crippen molar-refractivity contribution in [2.45, 2.75) is 6.61 Å². The number of methoxy groups -OCH3 is 1. The highest BCUT2D eigenvalue weighted by Gasteiger charge is 2.14. The van der Waals surface area contributed by atoms with Crippen molar-refractivity contribution >= 4 is 23.5 Å². The molecule has 0 aromatic heterocycles. The molecule has 0 atom stereocenters. The van der Waals surface area contributed by atoms with E-state index in [9.17, 15) is 13.6 Å². The Morgan fingerprint density at radius 1 is 1.22 bits per heavy atom. The van der Waals surface area contributed by atoms with Crippen molar-refractivity contribution in [3.8, 4) is 17.2 Å². The Kier molecular flexibility index (Phi) is 5.76. The molecule has 0 N–H and O–H groups in total. The summed E-state index contributed by atoms with van der Waals surface area (Å²) in [5.74, 6) is 0.333. The zero-order chi connectivity index (χ0) is 19.4. The Labute approximate surface area is 159 Å². The van der Waals surface area contributed by atoms with Gasteiger partial charge in [-0.1, -0.05) is 17.7 Å². The minimum atomic E-state index is -2.98. The summed E-state index contributed by atoms with van der Waals surface area (Å²) in [5.41, 5.74) is 1.91. The fourth-order valence-corrected chi connectivity index (χ4v) is 2.74. The summed E-state index contributed by atoms with van der Waals surface area (Å²) in [7, 11) is 1.31. The molecule has 1 aliphatic rings. The second-order valence-electron chi connectivity index (χ2n) is 5.63. The van der Waals surface area contributed by atoms with Crippen LogP contribution in [-0.4, -0.2) is 26.1 Å². The molecular formula is C20H15ClF2O4. The van der Waals surface area contributed by atoms with Crippen molar-refractivity contribution in [3.05, 3.63) is 70.3 Å². The maximum absolute atomic E-state index is 12.4. The Hall–Kier alpha value is -2.86. The van der Waals surface area contributed by atoms with Crippen molar-refractivity contribution in [2.24, 2.45) is 0 Å². The van der Waals surface area contributed by atoms with Crippen molar-refractivity contribution in [1.29, 1.82) is 0 Å². The van der Waals surface area contributed by atoms with Crippen LogP contribution in [0.15, 0.2) is 54.1 Å². The molecule has 0 saturated heterocycles. The summed E-state index contributed by atoms with van der Waals surface area (Å²) in [5, 5.41) is 0.591. The van der Waals surface area contributed by atoms with Gasteiger partial charge in [0.2, 0.25) is 0 Å². The zero-order valence-electron chi connectivity index (χ0n) is 14.2. The van der Waals surface area contributed by atoms with Crippen LogP contribution in [-0.2, 0) is 0 Å². The van der Waals surface area contributed by atoms with Gasteiger partial charge in [0, 0.05) is 16.1 Å². The molecule has 0 unspecified atom stereocenters. The first-order chi connectivity index (χ1) is 13.0. The number of allylic oxidation sites excluding steroid dienone is 1. The SMILES string of the molecule is COc1cc(C(=O)C=CC2=Cc3cc(Cl)ccc3OC2)ccc1OC(F)F. The third kappa shape index (κ3) is 4.65. The Balaban J connectivity index is 1.77. The van der Waals surface area contributed by atoms with E-state index in [1.54, 1.807) is 24.3 Å². The van der Waals surface area contributed by atoms with Gasteiger partial charge >= 0.3 is 6.61 Å². The van der Waals surface area contributed by atoms with Gasteiger partial charge in [0.1, 0.15) is 12.4 Å². The minimum Gasteiger partial charge on any atom is -0.493 e. The summed E-state index contributed by atoms with van der Waals surface area (Å²) in [6.07, 6.45) is 4.91. The van der Waals surface area contributed by atoms with Gasteiger partial charge in [-0.15, -0.1) is 0 Å². The normalized spacial score (nSPS) is 13.1. The predicted octanol–water partition coefficient (Wildman–Crippen LogP) is 5.16. The maximum Gasteiger partial charge on any atom is 0.387 e. The molecule has 0 spiro atoms. The summed E-state index contributed by atoms with van der Waals surface area (Å²) >= 11 is 5.98. The first kappa shape index (κ1) is 18.9. The van der Waals surface area contributed by atoms with Crippen LogP contribution in [0.2, 0.25) is 5.02 Å². The molecular weight excluding hydrogens is 378 g/mol. The van der Waals surface area contributed by atoms with Crippen molar-refractivity contribution in [1.82, 2.24) is 0 Å². The first-order valence-electron chi connectivity index (χ1n) is 7.94. The lowest BCUT2D eigenvalue weighted by molar-refractivity contribution is -0.0512. The van der Waals surface area contributed by atoms with Crippen molar-refractivity contribution in [2.75, 3.05) is 13.7 Å². The highest BCUT2D eigenvalue weighted by atomic mass is 35.5. The van der Waals surface area contributed by atoms with Gasteiger partial charge < -0.3 is 14.2 Å². The van der Waals surface area contributed by atoms with E-state index in [-0.39, 0.29) is 22.8 Å². The number of benzene rings is 2. The van der Waals surface area contributed by atoms with Crippen LogP contribution in [0.5, 0.6) is 17.2 Å². The number of ketones is 1. The van der Waals surface area contributed by atoms with Gasteiger partial charge in [0.25, 0.3) is 0 Å². The number of carbonyl (C=O) groups is 1. The molecule has 140 valence electrons. The minimum absolute atomic E-state index is 0.0540. The van der Waals surface area contributed by atoms with Crippen LogP contribution in [0.25, 0.3) is 6.08 Å². The third-order valence-electron chi connectivity index (χ3n) is 3.82. The van der Waals surface area contributed by atoms with Crippen LogP contribution in [0.3, 0.4) is 0 Å². The number of fused-ring (bicyclic) bond motifs is 1. The summed E-state index contributed by atoms with van der Waals surface area (Å²) in [6, 6.07) is 9.33. The standard InChI is InChI=1S/C20H15ClF2O4/c1-25-19-10-13(3-6-18(19)27-20(22)23)16(24)5-2-12-8-14-9-15(21)4-7-17(14)26-11-12/h2-10,20H,11H2,1H3. The van der Waals surface area contributed by atoms with E-state index < -0.39 is 6.61 Å². The number of halogens is 3. The molecule has 2 aromatic rings. The molecule has 1 aliphatic heterocycles. The van der Waals surface area contributed by atoms with Crippen LogP contribution in [0.4, 0.5) is 8.78 Å². The molecule has 3 rings (SSSR count). The fraction of sp³-hybridized carbons (Fsp3) is 0.150. The summed E-state index contributed by atoms with van der Waals surface area (Å²) in [4.78, 5) is 12.4. The molecule has 0 bridgehead atoms. The first-order valence-corrected chi connectivity index (χ1v) is 8.32. The van der Waals surface area contributed by atoms with E-state index in [1.165, 1.54) is 31.4 Å². The van der Waals surface area contributed by atoms with Gasteiger partial charge in [-0.3, -0.25) is 4.79 Å². The van der Waals surface area contributed by atoms with Crippen LogP contribution < -0.4 is 14.2 Å². The lowest BCUT2D eigenvalue weighted by atomic mass is 10.1. The fourth-order valence-electron chi connectivity index (χ4n) is 2.56. The van der Waals surface area contributed by atoms with E-state index in [4.69, 9.17) is 21.1 Å². The maximum atomic E-state index is 12.4. The molecule has 0 aliphatic carbocycles. The van der Waals surface area contributed by atoms with E-state index in [2.05, 4.69) is 4.74 Å². The summed E-state index contributed by atoms with van der Waals surface area (Å²) in [6.45, 7) is -2.65. The third-order valence-corrected chi connectivity index (χ3v) is 4.06. The molecule has 0 saturated carbocycles. The number of ether oxygens (including phenoxy) is 3. The molecule has 0 radical (unpaired) electrons. The van der Waals surface area contributed by atoms with Crippen molar-refractivity contribution in [3.63, 3.8) is 0 Å². The molecule has 27 heavy (non-hydrogen) atoms. The topological polar surface area (TPSA) is 44.8 Å². The highest BCUT2D eigenvalue weighted by molar-refractivity contribution is 6.30. The number of hydrogen-bond acceptors (Lipinski definition) is 4. The number of rotatable bonds is 6. The number of carbonyl (C=O) groups excluding carboxylic acids is 1. The van der Waals surface area contributed by atoms with E-state index in [1.807, 2.05) is 6.08 Å². The van der Waals surface area contributed by atoms with Gasteiger partial charge in [0.15, 0.2) is 17.3 Å². The lowest BCUT2D eigenvalue weighted by Crippen LogP contribution is -2.06. The average molecular weight is 393 g/mol. The van der Waals surface area contributed by atoms with Crippen LogP contribution in [0.1, 0.15) is 15.9 Å². The van der Waals surface area contributed by atoms with E-state index >= 15 is 0 Å². The van der Waals surface area contributed by atoms with Crippen LogP contribution >= 0.6 is 11.6 Å². The Morgan fingerprint density at radius 2 is 2.04 bits per heavy atom. The van der Waals surface area contributed by atoms with Gasteiger partial charge in [-0.2, -0.15) is 8.78 Å². The lowest BCUT2D eigenvalue weighted by Gasteiger charge is -2.16. The van der Waals surface area contributed by atoms with Gasteiger partial charge in [-0.05, 0) is 54.1 Å². The largest absolute Gasteiger partial charge is 0.493 e. The smallest absolute Gasteiger partial charge is 0.387 e. The van der Waals surface area contributed by atoms with Crippen LogP contribution in [0, 0.1) is 0 Å². The quantitative estimate of drug-likeness (QED) is 0.503. The second kappa shape index (κ2) is 8.22. The number of hydrogen-bond donors (Lipinski definition) is 0. The number of alkyl halides is 2. The van der Waals surface area contributed by atoms with E-state index in [0.29, 0.717) is 11.6 Å². The Morgan fingerprint density at radius 3 is 2.78 bits per heavy atom. The van der Waals surface area contributed by atoms with Gasteiger partial charge in [-0.25, -0.2) is 0 Å². The van der Waals surface area contributed by atoms with E-state index in [0.717, 1.165) is 16.9 Å². The molecule has 7 heteroatoms. The molecule has 4 nitrogen and oxygen atoms in total. The second-order valence-corrected chi connectivity index (χ2v) is 6.07. The zero-order valence-corrected chi connectivity index (χ0v) is 15.0. The predicted molar refractivity (Wildman–Crippen MR) is 98.0 cm³/mol. The Bertz CT molecular complexity index is 922. The molecule has 1 heterocycles. The summed E-state index contributed by atoms with van der Waals surface area (Å²) < 4.78 is 39.7.